The van der Waals surface area contributed by atoms with Gasteiger partial charge in [-0.1, -0.05) is 29.5 Å². The topological polar surface area (TPSA) is 65.5 Å². The lowest BCUT2D eigenvalue weighted by atomic mass is 10.1. The Morgan fingerprint density at radius 1 is 1.19 bits per heavy atom. The molecule has 1 aliphatic rings. The Morgan fingerprint density at radius 2 is 2.03 bits per heavy atom. The quantitative estimate of drug-likeness (QED) is 0.650. The highest BCUT2D eigenvalue weighted by atomic mass is 32.1. The third kappa shape index (κ3) is 5.05. The average molecular weight is 437 g/mol. The Labute approximate surface area is 186 Å². The molecule has 0 radical (unpaired) electrons. The summed E-state index contributed by atoms with van der Waals surface area (Å²) in [6.45, 7) is 8.13. The van der Waals surface area contributed by atoms with Crippen LogP contribution in [0.2, 0.25) is 0 Å². The molecule has 0 aliphatic carbocycles. The number of fused-ring (bicyclic) bond motifs is 1. The van der Waals surface area contributed by atoms with E-state index in [2.05, 4.69) is 59.4 Å². The number of aryl methyl sites for hydroxylation is 2. The van der Waals surface area contributed by atoms with Gasteiger partial charge in [-0.25, -0.2) is 4.98 Å². The average Bonchev–Trinajstić information content (AvgIpc) is 3.12. The number of benzene rings is 2. The molecular formula is C24H28N4O2S. The molecule has 162 valence electrons. The van der Waals surface area contributed by atoms with E-state index in [-0.39, 0.29) is 11.8 Å². The van der Waals surface area contributed by atoms with Crippen molar-refractivity contribution in [1.29, 1.82) is 0 Å². The SMILES string of the molecule is CC(=O)Nc1nc2ccc(CCC(=O)N3CCN(c4cccc(C)c4)[C@H](C)C3)cc2s1. The van der Waals surface area contributed by atoms with Crippen LogP contribution < -0.4 is 10.2 Å². The molecule has 3 aromatic rings. The van der Waals surface area contributed by atoms with Crippen molar-refractivity contribution in [3.8, 4) is 0 Å². The zero-order valence-corrected chi connectivity index (χ0v) is 19.0. The van der Waals surface area contributed by atoms with Crippen LogP contribution in [-0.2, 0) is 16.0 Å². The normalized spacial score (nSPS) is 16.5. The zero-order chi connectivity index (χ0) is 22.0. The summed E-state index contributed by atoms with van der Waals surface area (Å²) in [6, 6.07) is 14.9. The Balaban J connectivity index is 1.34. The van der Waals surface area contributed by atoms with Gasteiger partial charge in [0.15, 0.2) is 5.13 Å². The number of aromatic nitrogens is 1. The van der Waals surface area contributed by atoms with E-state index in [0.29, 0.717) is 24.0 Å². The van der Waals surface area contributed by atoms with Crippen molar-refractivity contribution >= 4 is 44.2 Å². The summed E-state index contributed by atoms with van der Waals surface area (Å²) >= 11 is 1.46. The molecule has 0 unspecified atom stereocenters. The molecule has 2 heterocycles. The van der Waals surface area contributed by atoms with Crippen LogP contribution in [-0.4, -0.2) is 47.4 Å². The fourth-order valence-corrected chi connectivity index (χ4v) is 5.09. The van der Waals surface area contributed by atoms with Gasteiger partial charge in [0.1, 0.15) is 0 Å². The van der Waals surface area contributed by atoms with Crippen molar-refractivity contribution in [2.75, 3.05) is 29.9 Å². The van der Waals surface area contributed by atoms with E-state index in [1.54, 1.807) is 0 Å². The monoisotopic (exact) mass is 436 g/mol. The van der Waals surface area contributed by atoms with Crippen LogP contribution >= 0.6 is 11.3 Å². The lowest BCUT2D eigenvalue weighted by Gasteiger charge is -2.41. The molecule has 1 N–H and O–H groups in total. The van der Waals surface area contributed by atoms with E-state index in [0.717, 1.165) is 35.4 Å². The van der Waals surface area contributed by atoms with E-state index >= 15 is 0 Å². The number of carbonyl (C=O) groups is 2. The van der Waals surface area contributed by atoms with Crippen LogP contribution in [0.25, 0.3) is 10.2 Å². The van der Waals surface area contributed by atoms with Crippen LogP contribution in [0.15, 0.2) is 42.5 Å². The lowest BCUT2D eigenvalue weighted by Crippen LogP contribution is -2.53. The lowest BCUT2D eigenvalue weighted by molar-refractivity contribution is -0.131. The van der Waals surface area contributed by atoms with E-state index in [4.69, 9.17) is 0 Å². The molecule has 0 spiro atoms. The largest absolute Gasteiger partial charge is 0.365 e. The fourth-order valence-electron chi connectivity index (χ4n) is 4.11. The number of hydrogen-bond donors (Lipinski definition) is 1. The maximum Gasteiger partial charge on any atom is 0.223 e. The van der Waals surface area contributed by atoms with Gasteiger partial charge in [-0.3, -0.25) is 9.59 Å². The number of carbonyl (C=O) groups excluding carboxylic acids is 2. The summed E-state index contributed by atoms with van der Waals surface area (Å²) in [4.78, 5) is 32.9. The van der Waals surface area contributed by atoms with Crippen molar-refractivity contribution in [2.45, 2.75) is 39.7 Å². The van der Waals surface area contributed by atoms with E-state index in [1.165, 1.54) is 29.5 Å². The second-order valence-electron chi connectivity index (χ2n) is 8.22. The van der Waals surface area contributed by atoms with Gasteiger partial charge in [-0.2, -0.15) is 0 Å². The molecule has 2 aromatic carbocycles. The summed E-state index contributed by atoms with van der Waals surface area (Å²) in [7, 11) is 0. The Kier molecular flexibility index (Phi) is 6.23. The number of nitrogens with zero attached hydrogens (tertiary/aromatic N) is 3. The van der Waals surface area contributed by atoms with Crippen molar-refractivity contribution in [2.24, 2.45) is 0 Å². The van der Waals surface area contributed by atoms with Gasteiger partial charge in [0.05, 0.1) is 10.2 Å². The highest BCUT2D eigenvalue weighted by Gasteiger charge is 2.26. The number of thiazole rings is 1. The number of piperazine rings is 1. The van der Waals surface area contributed by atoms with Crippen LogP contribution in [0.1, 0.15) is 31.4 Å². The first-order chi connectivity index (χ1) is 14.9. The van der Waals surface area contributed by atoms with Gasteiger partial charge < -0.3 is 15.1 Å². The number of nitrogens with one attached hydrogen (secondary N) is 1. The minimum atomic E-state index is -0.124. The first kappa shape index (κ1) is 21.3. The van der Waals surface area contributed by atoms with Crippen molar-refractivity contribution in [3.63, 3.8) is 0 Å². The van der Waals surface area contributed by atoms with Crippen LogP contribution in [0, 0.1) is 6.92 Å². The van der Waals surface area contributed by atoms with Gasteiger partial charge in [-0.15, -0.1) is 0 Å². The number of rotatable bonds is 5. The molecule has 31 heavy (non-hydrogen) atoms. The van der Waals surface area contributed by atoms with Crippen LogP contribution in [0.3, 0.4) is 0 Å². The van der Waals surface area contributed by atoms with Gasteiger partial charge in [-0.05, 0) is 55.7 Å². The number of hydrogen-bond acceptors (Lipinski definition) is 5. The molecule has 1 atom stereocenters. The van der Waals surface area contributed by atoms with Crippen molar-refractivity contribution in [3.05, 3.63) is 53.6 Å². The molecule has 1 aliphatic heterocycles. The summed E-state index contributed by atoms with van der Waals surface area (Å²) in [6.07, 6.45) is 1.20. The van der Waals surface area contributed by atoms with Gasteiger partial charge >= 0.3 is 0 Å². The maximum absolute atomic E-state index is 12.9. The molecule has 6 nitrogen and oxygen atoms in total. The van der Waals surface area contributed by atoms with Crippen molar-refractivity contribution in [1.82, 2.24) is 9.88 Å². The fraction of sp³-hybridized carbons (Fsp3) is 0.375. The second-order valence-corrected chi connectivity index (χ2v) is 9.25. The molecule has 1 saturated heterocycles. The van der Waals surface area contributed by atoms with Crippen LogP contribution in [0.5, 0.6) is 0 Å². The van der Waals surface area contributed by atoms with Gasteiger partial charge in [0.25, 0.3) is 0 Å². The zero-order valence-electron chi connectivity index (χ0n) is 18.2. The molecule has 0 saturated carbocycles. The third-order valence-corrected chi connectivity index (χ3v) is 6.61. The smallest absolute Gasteiger partial charge is 0.223 e. The third-order valence-electron chi connectivity index (χ3n) is 5.68. The van der Waals surface area contributed by atoms with Crippen LogP contribution in [0.4, 0.5) is 10.8 Å². The summed E-state index contributed by atoms with van der Waals surface area (Å²) in [5.41, 5.74) is 4.47. The van der Waals surface area contributed by atoms with Gasteiger partial charge in [0, 0.05) is 44.7 Å². The molecule has 1 fully saturated rings. The highest BCUT2D eigenvalue weighted by Crippen LogP contribution is 2.27. The van der Waals surface area contributed by atoms with E-state index in [1.807, 2.05) is 17.0 Å². The Morgan fingerprint density at radius 3 is 2.77 bits per heavy atom. The predicted octanol–water partition coefficient (Wildman–Crippen LogP) is 4.23. The summed E-state index contributed by atoms with van der Waals surface area (Å²) < 4.78 is 1.02. The molecule has 4 rings (SSSR count). The number of amides is 2. The minimum Gasteiger partial charge on any atom is -0.365 e. The minimum absolute atomic E-state index is 0.124. The standard InChI is InChI=1S/C24H28N4O2S/c1-16-5-4-6-20(13-16)28-12-11-27(15-17(28)2)23(30)10-8-19-7-9-21-22(14-19)31-24(26-21)25-18(3)29/h4-7,9,13-14,17H,8,10-12,15H2,1-3H3,(H,25,26,29)/t17-/m1/s1. The van der Waals surface area contributed by atoms with E-state index < -0.39 is 0 Å². The van der Waals surface area contributed by atoms with E-state index in [9.17, 15) is 9.59 Å². The molecule has 2 amide bonds. The molecule has 1 aromatic heterocycles. The predicted molar refractivity (Wildman–Crippen MR) is 127 cm³/mol. The van der Waals surface area contributed by atoms with Gasteiger partial charge in [0.2, 0.25) is 11.8 Å². The second kappa shape index (κ2) is 9.06. The summed E-state index contributed by atoms with van der Waals surface area (Å²) in [5, 5.41) is 3.34. The molecular weight excluding hydrogens is 408 g/mol. The Hall–Kier alpha value is -2.93. The highest BCUT2D eigenvalue weighted by molar-refractivity contribution is 7.22. The Bertz CT molecular complexity index is 1110. The molecule has 0 bridgehead atoms. The summed E-state index contributed by atoms with van der Waals surface area (Å²) in [5.74, 6) is 0.0840. The molecule has 7 heteroatoms. The maximum atomic E-state index is 12.9. The first-order valence-corrected chi connectivity index (χ1v) is 11.5. The first-order valence-electron chi connectivity index (χ1n) is 10.7. The van der Waals surface area contributed by atoms with Crippen molar-refractivity contribution < 1.29 is 9.59 Å². The number of anilines is 2.